The first-order valence-corrected chi connectivity index (χ1v) is 24.1. The maximum Gasteiger partial charge on any atom is 0.407 e. The lowest BCUT2D eigenvalue weighted by molar-refractivity contribution is -0.136. The first kappa shape index (κ1) is 42.2. The third kappa shape index (κ3) is 8.81. The molecule has 0 bridgehead atoms. The predicted octanol–water partition coefficient (Wildman–Crippen LogP) is 7.84. The van der Waals surface area contributed by atoms with Gasteiger partial charge in [0, 0.05) is 12.7 Å². The third-order valence-corrected chi connectivity index (χ3v) is 14.5. The van der Waals surface area contributed by atoms with Gasteiger partial charge in [-0.05, 0) is 70.7 Å². The summed E-state index contributed by atoms with van der Waals surface area (Å²) in [7, 11) is 0.839. The lowest BCUT2D eigenvalue weighted by Crippen LogP contribution is -2.52. The average Bonchev–Trinajstić information content (AvgIpc) is 4.06. The zero-order valence-electron chi connectivity index (χ0n) is 35.7. The minimum atomic E-state index is -1.76. The van der Waals surface area contributed by atoms with Gasteiger partial charge in [-0.3, -0.25) is 9.59 Å². The summed E-state index contributed by atoms with van der Waals surface area (Å²) < 4.78 is 9.59. The molecule has 2 aromatic heterocycles. The van der Waals surface area contributed by atoms with Crippen LogP contribution in [0.3, 0.4) is 0 Å². The number of rotatable bonds is 11. The molecule has 4 heterocycles. The number of aromatic nitrogens is 4. The minimum absolute atomic E-state index is 0.104. The SMILES string of the molecule is COC(=O)N[C@H](C(=O)N1CCC[C@H]1c1ncc(-c2ccc(-c3ccc(-c4ccc5nc([C@@H]6C[Si](C)(C)CN6C(=O)[C@@H](NC(=O)OC)C(C)C)[nH]c5c4)cc3)cc2)[nH]1)C(C)C. The normalized spacial score (nSPS) is 18.5. The van der Waals surface area contributed by atoms with Crippen LogP contribution in [-0.2, 0) is 19.1 Å². The highest BCUT2D eigenvalue weighted by atomic mass is 28.3. The van der Waals surface area contributed by atoms with Crippen molar-refractivity contribution in [3.05, 3.63) is 84.6 Å². The number of imidazole rings is 2. The number of benzene rings is 3. The van der Waals surface area contributed by atoms with Crippen LogP contribution in [-0.4, -0.2) is 101 Å². The molecule has 7 rings (SSSR count). The van der Waals surface area contributed by atoms with Crippen molar-refractivity contribution in [2.75, 3.05) is 26.9 Å². The number of hydrogen-bond donors (Lipinski definition) is 4. The van der Waals surface area contributed by atoms with Gasteiger partial charge in [-0.15, -0.1) is 0 Å². The fraction of sp³-hybridized carbons (Fsp3) is 0.422. The Kier molecular flexibility index (Phi) is 12.2. The summed E-state index contributed by atoms with van der Waals surface area (Å²) in [5, 5.41) is 5.45. The number of likely N-dealkylation sites (tertiary alicyclic amines) is 1. The van der Waals surface area contributed by atoms with Crippen molar-refractivity contribution < 1.29 is 28.7 Å². The van der Waals surface area contributed by atoms with E-state index < -0.39 is 32.3 Å². The Hall–Kier alpha value is -5.96. The van der Waals surface area contributed by atoms with Gasteiger partial charge >= 0.3 is 12.2 Å². The number of hydrogen-bond acceptors (Lipinski definition) is 8. The van der Waals surface area contributed by atoms with Crippen molar-refractivity contribution in [3.63, 3.8) is 0 Å². The molecule has 14 nitrogen and oxygen atoms in total. The van der Waals surface area contributed by atoms with E-state index in [1.165, 1.54) is 14.2 Å². The molecule has 2 fully saturated rings. The van der Waals surface area contributed by atoms with E-state index in [1.54, 1.807) is 0 Å². The molecule has 0 aliphatic carbocycles. The van der Waals surface area contributed by atoms with Crippen LogP contribution in [0.15, 0.2) is 72.9 Å². The Morgan fingerprint density at radius 2 is 1.25 bits per heavy atom. The first-order valence-electron chi connectivity index (χ1n) is 20.7. The number of methoxy groups -OCH3 is 2. The fourth-order valence-electron chi connectivity index (χ4n) is 8.53. The van der Waals surface area contributed by atoms with Crippen LogP contribution < -0.4 is 10.6 Å². The van der Waals surface area contributed by atoms with E-state index in [0.29, 0.717) is 12.7 Å². The molecule has 3 aromatic carbocycles. The van der Waals surface area contributed by atoms with Crippen molar-refractivity contribution in [1.82, 2.24) is 40.4 Å². The van der Waals surface area contributed by atoms with Crippen molar-refractivity contribution in [1.29, 1.82) is 0 Å². The summed E-state index contributed by atoms with van der Waals surface area (Å²) in [5.74, 6) is 1.03. The van der Waals surface area contributed by atoms with E-state index in [2.05, 4.69) is 99.3 Å². The molecule has 316 valence electrons. The molecule has 0 spiro atoms. The number of nitrogens with zero attached hydrogens (tertiary/aromatic N) is 4. The largest absolute Gasteiger partial charge is 0.453 e. The highest BCUT2D eigenvalue weighted by Gasteiger charge is 2.46. The molecule has 0 radical (unpaired) electrons. The van der Waals surface area contributed by atoms with Gasteiger partial charge in [0.25, 0.3) is 0 Å². The molecule has 0 saturated carbocycles. The van der Waals surface area contributed by atoms with E-state index in [1.807, 2.05) is 49.8 Å². The zero-order chi connectivity index (χ0) is 42.9. The number of aromatic amines is 2. The molecule has 5 aromatic rings. The van der Waals surface area contributed by atoms with Gasteiger partial charge in [-0.1, -0.05) is 95.4 Å². The highest BCUT2D eigenvalue weighted by molar-refractivity contribution is 6.78. The zero-order valence-corrected chi connectivity index (χ0v) is 36.7. The number of carbonyl (C=O) groups excluding carboxylic acids is 4. The Bertz CT molecular complexity index is 2350. The summed E-state index contributed by atoms with van der Waals surface area (Å²) in [6.45, 7) is 12.8. The minimum Gasteiger partial charge on any atom is -0.453 e. The van der Waals surface area contributed by atoms with Gasteiger partial charge in [0.1, 0.15) is 23.7 Å². The van der Waals surface area contributed by atoms with Crippen LogP contribution >= 0.6 is 0 Å². The molecule has 2 aliphatic heterocycles. The van der Waals surface area contributed by atoms with Gasteiger partial charge in [-0.2, -0.15) is 0 Å². The number of H-pyrrole nitrogens is 2. The maximum absolute atomic E-state index is 13.9. The molecule has 60 heavy (non-hydrogen) atoms. The molecule has 2 aliphatic rings. The number of alkyl carbamates (subject to hydrolysis) is 2. The molecule has 4 atom stereocenters. The highest BCUT2D eigenvalue weighted by Crippen LogP contribution is 2.39. The first-order chi connectivity index (χ1) is 28.7. The number of nitrogens with one attached hydrogen (secondary N) is 4. The molecule has 0 unspecified atom stereocenters. The summed E-state index contributed by atoms with van der Waals surface area (Å²) in [5.41, 5.74) is 7.87. The van der Waals surface area contributed by atoms with Crippen LogP contribution in [0.2, 0.25) is 19.1 Å². The van der Waals surface area contributed by atoms with Crippen molar-refractivity contribution in [2.45, 2.75) is 83.8 Å². The topological polar surface area (TPSA) is 175 Å². The van der Waals surface area contributed by atoms with E-state index in [0.717, 1.165) is 75.1 Å². The van der Waals surface area contributed by atoms with Gasteiger partial charge in [0.2, 0.25) is 11.8 Å². The second-order valence-corrected chi connectivity index (χ2v) is 22.5. The fourth-order valence-corrected chi connectivity index (χ4v) is 11.4. The van der Waals surface area contributed by atoms with E-state index in [4.69, 9.17) is 14.5 Å². The van der Waals surface area contributed by atoms with Crippen LogP contribution in [0.25, 0.3) is 44.5 Å². The summed E-state index contributed by atoms with van der Waals surface area (Å²) in [6, 6.07) is 22.1. The van der Waals surface area contributed by atoms with E-state index in [-0.39, 0.29) is 35.7 Å². The van der Waals surface area contributed by atoms with Crippen LogP contribution in [0.1, 0.15) is 64.3 Å². The summed E-state index contributed by atoms with van der Waals surface area (Å²) in [4.78, 5) is 72.0. The van der Waals surface area contributed by atoms with Gasteiger partial charge in [0.05, 0.1) is 57.3 Å². The standard InChI is InChI=1S/C45H56N8O6Si/c1-26(2)38(50-44(56)58-5)42(54)52-21-9-10-36(52)40-46-23-35(49-40)31-17-15-29(16-18-31)28-11-13-30(14-12-28)32-19-20-33-34(22-32)48-41(47-33)37-24-60(7,8)25-53(37)43(55)39(27(3)4)51-45(57)59-6/h11-20,22-23,26-27,36-39H,9-10,21,24-25H2,1-8H3,(H,46,49)(H,47,48)(H,50,56)(H,51,57)/t36-,37-,38-,39-/m0/s1. The van der Waals surface area contributed by atoms with Crippen LogP contribution in [0.4, 0.5) is 9.59 Å². The molecule has 2 saturated heterocycles. The number of carbonyl (C=O) groups is 4. The number of ether oxygens (including phenoxy) is 2. The molecule has 4 N–H and O–H groups in total. The van der Waals surface area contributed by atoms with Crippen molar-refractivity contribution in [2.24, 2.45) is 11.8 Å². The Morgan fingerprint density at radius 3 is 1.82 bits per heavy atom. The average molecular weight is 833 g/mol. The molecule has 4 amide bonds. The second-order valence-electron chi connectivity index (χ2n) is 17.4. The maximum atomic E-state index is 13.9. The van der Waals surface area contributed by atoms with Crippen LogP contribution in [0.5, 0.6) is 0 Å². The number of amides is 4. The van der Waals surface area contributed by atoms with Gasteiger partial charge in [0.15, 0.2) is 0 Å². The third-order valence-electron chi connectivity index (χ3n) is 11.8. The molecular weight excluding hydrogens is 777 g/mol. The Morgan fingerprint density at radius 1 is 0.717 bits per heavy atom. The monoisotopic (exact) mass is 832 g/mol. The van der Waals surface area contributed by atoms with Crippen molar-refractivity contribution >= 4 is 43.1 Å². The second kappa shape index (κ2) is 17.3. The quantitative estimate of drug-likeness (QED) is 0.0974. The number of fused-ring (bicyclic) bond motifs is 1. The lowest BCUT2D eigenvalue weighted by atomic mass is 9.99. The smallest absolute Gasteiger partial charge is 0.407 e. The summed E-state index contributed by atoms with van der Waals surface area (Å²) >= 11 is 0. The lowest BCUT2D eigenvalue weighted by Gasteiger charge is -2.30. The predicted molar refractivity (Wildman–Crippen MR) is 233 cm³/mol. The van der Waals surface area contributed by atoms with Gasteiger partial charge in [-0.25, -0.2) is 19.6 Å². The van der Waals surface area contributed by atoms with Gasteiger partial charge < -0.3 is 39.9 Å². The molecular formula is C45H56N8O6Si. The van der Waals surface area contributed by atoms with E-state index in [9.17, 15) is 19.2 Å². The van der Waals surface area contributed by atoms with Crippen LogP contribution in [0, 0.1) is 11.8 Å². The summed E-state index contributed by atoms with van der Waals surface area (Å²) in [6.07, 6.45) is 2.89. The Labute approximate surface area is 351 Å². The Balaban J connectivity index is 1.04. The molecule has 15 heteroatoms. The van der Waals surface area contributed by atoms with Crippen molar-refractivity contribution in [3.8, 4) is 33.5 Å². The van der Waals surface area contributed by atoms with E-state index >= 15 is 0 Å².